The summed E-state index contributed by atoms with van der Waals surface area (Å²) in [5, 5.41) is 0.435. The number of fused-ring (bicyclic) bond motifs is 2. The van der Waals surface area contributed by atoms with Gasteiger partial charge in [-0.1, -0.05) is 23.8 Å². The maximum atomic E-state index is 13.8. The minimum Gasteiger partial charge on any atom is -0.497 e. The number of benzene rings is 3. The van der Waals surface area contributed by atoms with Crippen LogP contribution in [0.3, 0.4) is 0 Å². The van der Waals surface area contributed by atoms with Gasteiger partial charge in [0.2, 0.25) is 5.76 Å². The van der Waals surface area contributed by atoms with E-state index in [4.69, 9.17) is 18.6 Å². The Morgan fingerprint density at radius 1 is 0.853 bits per heavy atom. The molecule has 0 fully saturated rings. The van der Waals surface area contributed by atoms with E-state index in [2.05, 4.69) is 0 Å². The zero-order valence-corrected chi connectivity index (χ0v) is 19.2. The number of carbonyl (C=O) groups excluding carboxylic acids is 1. The van der Waals surface area contributed by atoms with Crippen molar-refractivity contribution in [3.63, 3.8) is 0 Å². The van der Waals surface area contributed by atoms with Crippen LogP contribution in [0.4, 0.5) is 5.69 Å². The van der Waals surface area contributed by atoms with Crippen molar-refractivity contribution in [3.05, 3.63) is 93.3 Å². The molecule has 4 aromatic rings. The molecule has 34 heavy (non-hydrogen) atoms. The summed E-state index contributed by atoms with van der Waals surface area (Å²) in [6.45, 7) is 1.91. The van der Waals surface area contributed by atoms with Gasteiger partial charge in [0.15, 0.2) is 16.9 Å². The average Bonchev–Trinajstić information content (AvgIpc) is 3.16. The highest BCUT2D eigenvalue weighted by molar-refractivity contribution is 6.10. The first-order valence-corrected chi connectivity index (χ1v) is 10.7. The lowest BCUT2D eigenvalue weighted by atomic mass is 9.97. The SMILES string of the molecule is COc1cccc(N2C(=O)c3oc4ccc(C)cc4c(=O)c3C2c2ccc(OC)c(OC)c2)c1. The smallest absolute Gasteiger partial charge is 0.295 e. The van der Waals surface area contributed by atoms with Crippen molar-refractivity contribution in [2.24, 2.45) is 0 Å². The second-order valence-electron chi connectivity index (χ2n) is 8.07. The monoisotopic (exact) mass is 457 g/mol. The summed E-state index contributed by atoms with van der Waals surface area (Å²) in [7, 11) is 4.66. The highest BCUT2D eigenvalue weighted by atomic mass is 16.5. The molecule has 0 bridgehead atoms. The van der Waals surface area contributed by atoms with Crippen molar-refractivity contribution in [1.29, 1.82) is 0 Å². The van der Waals surface area contributed by atoms with E-state index in [-0.39, 0.29) is 16.8 Å². The molecule has 1 aliphatic heterocycles. The highest BCUT2D eigenvalue weighted by Crippen LogP contribution is 2.43. The average molecular weight is 457 g/mol. The predicted molar refractivity (Wildman–Crippen MR) is 128 cm³/mol. The van der Waals surface area contributed by atoms with Gasteiger partial charge in [-0.05, 0) is 48.9 Å². The number of ether oxygens (including phenoxy) is 3. The third kappa shape index (κ3) is 3.28. The largest absolute Gasteiger partial charge is 0.497 e. The van der Waals surface area contributed by atoms with Gasteiger partial charge in [-0.2, -0.15) is 0 Å². The molecular formula is C27H23NO6. The minimum absolute atomic E-state index is 0.0314. The molecule has 0 aliphatic carbocycles. The summed E-state index contributed by atoms with van der Waals surface area (Å²) in [6.07, 6.45) is 0. The van der Waals surface area contributed by atoms with Crippen LogP contribution in [0.15, 0.2) is 69.9 Å². The van der Waals surface area contributed by atoms with Gasteiger partial charge >= 0.3 is 0 Å². The third-order valence-electron chi connectivity index (χ3n) is 6.08. The van der Waals surface area contributed by atoms with Crippen molar-refractivity contribution in [2.45, 2.75) is 13.0 Å². The van der Waals surface area contributed by atoms with Gasteiger partial charge in [-0.25, -0.2) is 0 Å². The molecule has 1 atom stereocenters. The Morgan fingerprint density at radius 2 is 1.65 bits per heavy atom. The molecular weight excluding hydrogens is 434 g/mol. The molecule has 5 rings (SSSR count). The van der Waals surface area contributed by atoms with Gasteiger partial charge in [0.05, 0.1) is 38.3 Å². The van der Waals surface area contributed by atoms with E-state index >= 15 is 0 Å². The van der Waals surface area contributed by atoms with E-state index in [9.17, 15) is 9.59 Å². The van der Waals surface area contributed by atoms with Crippen LogP contribution in [0.2, 0.25) is 0 Å². The second kappa shape index (κ2) is 8.26. The lowest BCUT2D eigenvalue weighted by molar-refractivity contribution is 0.0971. The molecule has 2 heterocycles. The van der Waals surface area contributed by atoms with Crippen LogP contribution < -0.4 is 24.5 Å². The van der Waals surface area contributed by atoms with E-state index in [0.717, 1.165) is 5.56 Å². The Hall–Kier alpha value is -4.26. The Balaban J connectivity index is 1.81. The lowest BCUT2D eigenvalue weighted by Gasteiger charge is -2.26. The number of anilines is 1. The molecule has 3 aromatic carbocycles. The molecule has 1 unspecified atom stereocenters. The first kappa shape index (κ1) is 21.6. The van der Waals surface area contributed by atoms with Crippen LogP contribution in [0.5, 0.6) is 17.2 Å². The third-order valence-corrected chi connectivity index (χ3v) is 6.08. The van der Waals surface area contributed by atoms with Gasteiger partial charge < -0.3 is 18.6 Å². The number of aryl methyl sites for hydroxylation is 1. The van der Waals surface area contributed by atoms with Crippen molar-refractivity contribution >= 4 is 22.6 Å². The van der Waals surface area contributed by atoms with Gasteiger partial charge in [0.25, 0.3) is 5.91 Å². The van der Waals surface area contributed by atoms with Crippen molar-refractivity contribution in [1.82, 2.24) is 0 Å². The van der Waals surface area contributed by atoms with Crippen molar-refractivity contribution in [2.75, 3.05) is 26.2 Å². The number of nitrogens with zero attached hydrogens (tertiary/aromatic N) is 1. The van der Waals surface area contributed by atoms with Crippen LogP contribution in [0, 0.1) is 6.92 Å². The van der Waals surface area contributed by atoms with Crippen LogP contribution in [0.1, 0.15) is 33.3 Å². The van der Waals surface area contributed by atoms with E-state index < -0.39 is 11.9 Å². The standard InChI is InChI=1S/C27H23NO6/c1-15-8-10-20-19(12-15)25(29)23-24(16-9-11-21(32-3)22(13-16)33-4)28(27(30)26(23)34-20)17-6-5-7-18(14-17)31-2/h5-14,24H,1-4H3. The summed E-state index contributed by atoms with van der Waals surface area (Å²) in [5.41, 5.74) is 2.62. The molecule has 7 nitrogen and oxygen atoms in total. The Bertz CT molecular complexity index is 1490. The van der Waals surface area contributed by atoms with Gasteiger partial charge in [-0.15, -0.1) is 0 Å². The molecule has 7 heteroatoms. The van der Waals surface area contributed by atoms with E-state index in [1.165, 1.54) is 0 Å². The van der Waals surface area contributed by atoms with Crippen LogP contribution in [-0.4, -0.2) is 27.2 Å². The molecule has 0 N–H and O–H groups in total. The molecule has 1 aromatic heterocycles. The number of hydrogen-bond donors (Lipinski definition) is 0. The zero-order chi connectivity index (χ0) is 24.0. The maximum Gasteiger partial charge on any atom is 0.295 e. The van der Waals surface area contributed by atoms with E-state index in [0.29, 0.717) is 39.5 Å². The van der Waals surface area contributed by atoms with Crippen molar-refractivity contribution < 1.29 is 23.4 Å². The molecule has 0 spiro atoms. The number of carbonyl (C=O) groups is 1. The summed E-state index contributed by atoms with van der Waals surface area (Å²) in [5.74, 6) is 1.26. The quantitative estimate of drug-likeness (QED) is 0.425. The topological polar surface area (TPSA) is 78.2 Å². The van der Waals surface area contributed by atoms with Gasteiger partial charge in [-0.3, -0.25) is 14.5 Å². The van der Waals surface area contributed by atoms with Crippen LogP contribution >= 0.6 is 0 Å². The minimum atomic E-state index is -0.726. The fourth-order valence-electron chi connectivity index (χ4n) is 4.45. The number of rotatable bonds is 5. The van der Waals surface area contributed by atoms with Crippen LogP contribution in [0.25, 0.3) is 11.0 Å². The summed E-state index contributed by atoms with van der Waals surface area (Å²) < 4.78 is 22.3. The summed E-state index contributed by atoms with van der Waals surface area (Å²) in [4.78, 5) is 29.0. The molecule has 1 amide bonds. The van der Waals surface area contributed by atoms with Crippen LogP contribution in [-0.2, 0) is 0 Å². The fraction of sp³-hybridized carbons (Fsp3) is 0.185. The number of amides is 1. The highest BCUT2D eigenvalue weighted by Gasteiger charge is 2.44. The van der Waals surface area contributed by atoms with Crippen molar-refractivity contribution in [3.8, 4) is 17.2 Å². The van der Waals surface area contributed by atoms with Gasteiger partial charge in [0, 0.05) is 11.8 Å². The van der Waals surface area contributed by atoms with E-state index in [1.807, 2.05) is 19.1 Å². The summed E-state index contributed by atoms with van der Waals surface area (Å²) >= 11 is 0. The Kier molecular flexibility index (Phi) is 5.24. The van der Waals surface area contributed by atoms with Gasteiger partial charge in [0.1, 0.15) is 11.3 Å². The summed E-state index contributed by atoms with van der Waals surface area (Å²) in [6, 6.07) is 17.1. The molecule has 0 radical (unpaired) electrons. The maximum absolute atomic E-state index is 13.8. The first-order chi connectivity index (χ1) is 16.5. The molecule has 0 saturated heterocycles. The predicted octanol–water partition coefficient (Wildman–Crippen LogP) is 4.88. The molecule has 0 saturated carbocycles. The lowest BCUT2D eigenvalue weighted by Crippen LogP contribution is -2.29. The molecule has 1 aliphatic rings. The first-order valence-electron chi connectivity index (χ1n) is 10.7. The second-order valence-corrected chi connectivity index (χ2v) is 8.07. The number of methoxy groups -OCH3 is 3. The number of hydrogen-bond acceptors (Lipinski definition) is 6. The normalized spacial score (nSPS) is 14.9. The molecule has 172 valence electrons. The Morgan fingerprint density at radius 3 is 2.38 bits per heavy atom. The Labute approximate surface area is 196 Å². The van der Waals surface area contributed by atoms with E-state index in [1.54, 1.807) is 74.8 Å². The fourth-order valence-corrected chi connectivity index (χ4v) is 4.45. The zero-order valence-electron chi connectivity index (χ0n) is 19.2.